The summed E-state index contributed by atoms with van der Waals surface area (Å²) >= 11 is 12.3. The number of carbonyl (C=O) groups is 1. The van der Waals surface area contributed by atoms with E-state index in [1.165, 1.54) is 34.1 Å². The molecule has 0 fully saturated rings. The fourth-order valence-corrected chi connectivity index (χ4v) is 3.47. The summed E-state index contributed by atoms with van der Waals surface area (Å²) in [7, 11) is 1.59. The zero-order valence-electron chi connectivity index (χ0n) is 17.6. The summed E-state index contributed by atoms with van der Waals surface area (Å²) in [4.78, 5) is 22.5. The van der Waals surface area contributed by atoms with Gasteiger partial charge in [-0.1, -0.05) is 23.2 Å². The second-order valence-corrected chi connectivity index (χ2v) is 7.52. The number of anilines is 2. The molecule has 0 radical (unpaired) electrons. The van der Waals surface area contributed by atoms with E-state index in [0.29, 0.717) is 41.7 Å². The van der Waals surface area contributed by atoms with Gasteiger partial charge >= 0.3 is 6.03 Å². The number of carbonyl (C=O) groups excluding carboxylic acids is 1. The molecule has 0 saturated heterocycles. The van der Waals surface area contributed by atoms with E-state index in [4.69, 9.17) is 32.7 Å². The van der Waals surface area contributed by atoms with Crippen LogP contribution in [0.4, 0.5) is 16.2 Å². The molecular formula is C19H19Cl2N9O3. The van der Waals surface area contributed by atoms with Gasteiger partial charge in [-0.15, -0.1) is 4.80 Å². The molecule has 4 aromatic rings. The smallest absolute Gasteiger partial charge is 0.323 e. The van der Waals surface area contributed by atoms with Gasteiger partial charge in [-0.05, 0) is 13.0 Å². The minimum absolute atomic E-state index is 0.263. The summed E-state index contributed by atoms with van der Waals surface area (Å²) < 4.78 is 12.4. The van der Waals surface area contributed by atoms with E-state index in [-0.39, 0.29) is 10.2 Å². The zero-order valence-corrected chi connectivity index (χ0v) is 19.1. The third-order valence-electron chi connectivity index (χ3n) is 4.47. The van der Waals surface area contributed by atoms with Gasteiger partial charge in [0.1, 0.15) is 0 Å². The molecule has 14 heteroatoms. The fourth-order valence-electron chi connectivity index (χ4n) is 3.05. The van der Waals surface area contributed by atoms with E-state index in [1.807, 2.05) is 6.92 Å². The van der Waals surface area contributed by atoms with Crippen molar-refractivity contribution < 1.29 is 14.3 Å². The van der Waals surface area contributed by atoms with E-state index in [2.05, 4.69) is 35.9 Å². The highest BCUT2D eigenvalue weighted by Crippen LogP contribution is 2.27. The Hall–Kier alpha value is -3.32. The molecule has 33 heavy (non-hydrogen) atoms. The van der Waals surface area contributed by atoms with Gasteiger partial charge in [0.2, 0.25) is 0 Å². The normalized spacial score (nSPS) is 12.1. The molecule has 4 aromatic heterocycles. The summed E-state index contributed by atoms with van der Waals surface area (Å²) in [6.45, 7) is 2.60. The molecule has 4 heterocycles. The molecule has 0 aliphatic carbocycles. The summed E-state index contributed by atoms with van der Waals surface area (Å²) in [5, 5.41) is 18.2. The Bertz CT molecular complexity index is 1260. The number of fused-ring (bicyclic) bond motifs is 1. The van der Waals surface area contributed by atoms with Gasteiger partial charge in [0.05, 0.1) is 66.2 Å². The third-order valence-corrected chi connectivity index (χ3v) is 4.93. The van der Waals surface area contributed by atoms with E-state index in [1.54, 1.807) is 19.2 Å². The first-order chi connectivity index (χ1) is 16.0. The number of rotatable bonds is 8. The minimum Gasteiger partial charge on any atom is -0.382 e. The predicted octanol–water partition coefficient (Wildman–Crippen LogP) is 3.38. The van der Waals surface area contributed by atoms with Crippen LogP contribution in [0.3, 0.4) is 0 Å². The minimum atomic E-state index is -0.539. The standard InChI is InChI=1S/C19H19Cl2N9O3/c1-11(33-6-5-32-2)17-14(10-22-16-8-15(21)28-29(16)17)27-19(31)26-12-7-13(20)18(23-9-12)30-24-3-4-25-30/h3-4,7-11H,5-6H2,1-2H3,(H2,26,27,31). The quantitative estimate of drug-likeness (QED) is 0.358. The first kappa shape index (κ1) is 22.9. The summed E-state index contributed by atoms with van der Waals surface area (Å²) in [5.41, 5.74) is 1.84. The van der Waals surface area contributed by atoms with Crippen LogP contribution in [-0.4, -0.2) is 60.9 Å². The van der Waals surface area contributed by atoms with Crippen LogP contribution in [0.2, 0.25) is 10.2 Å². The van der Waals surface area contributed by atoms with Crippen molar-refractivity contribution in [3.63, 3.8) is 0 Å². The number of hydrogen-bond donors (Lipinski definition) is 2. The molecule has 1 unspecified atom stereocenters. The largest absolute Gasteiger partial charge is 0.382 e. The highest BCUT2D eigenvalue weighted by Gasteiger charge is 2.20. The Morgan fingerprint density at radius 2 is 1.91 bits per heavy atom. The van der Waals surface area contributed by atoms with Crippen LogP contribution >= 0.6 is 23.2 Å². The van der Waals surface area contributed by atoms with Crippen molar-refractivity contribution >= 4 is 46.3 Å². The number of ether oxygens (including phenoxy) is 2. The van der Waals surface area contributed by atoms with Crippen molar-refractivity contribution in [1.82, 2.24) is 34.6 Å². The van der Waals surface area contributed by atoms with Gasteiger partial charge in [-0.25, -0.2) is 19.3 Å². The Balaban J connectivity index is 1.55. The fraction of sp³-hybridized carbons (Fsp3) is 0.263. The van der Waals surface area contributed by atoms with Gasteiger partial charge in [0, 0.05) is 13.2 Å². The Morgan fingerprint density at radius 3 is 2.64 bits per heavy atom. The average molecular weight is 492 g/mol. The van der Waals surface area contributed by atoms with Crippen molar-refractivity contribution in [1.29, 1.82) is 0 Å². The molecule has 0 aliphatic heterocycles. The van der Waals surface area contributed by atoms with Crippen LogP contribution in [0, 0.1) is 0 Å². The molecule has 0 saturated carbocycles. The lowest BCUT2D eigenvalue weighted by Crippen LogP contribution is -2.23. The molecular weight excluding hydrogens is 473 g/mol. The number of methoxy groups -OCH3 is 1. The highest BCUT2D eigenvalue weighted by atomic mass is 35.5. The molecule has 1 atom stereocenters. The first-order valence-electron chi connectivity index (χ1n) is 9.71. The Kier molecular flexibility index (Phi) is 6.99. The van der Waals surface area contributed by atoms with Crippen LogP contribution in [0.15, 0.2) is 36.9 Å². The maximum Gasteiger partial charge on any atom is 0.323 e. The number of nitrogens with zero attached hydrogens (tertiary/aromatic N) is 7. The second-order valence-electron chi connectivity index (χ2n) is 6.73. The SMILES string of the molecule is COCCOC(C)c1c(NC(=O)Nc2cnc(-n3nccn3)c(Cl)c2)cnc2cc(Cl)nn12. The van der Waals surface area contributed by atoms with Crippen LogP contribution in [-0.2, 0) is 9.47 Å². The summed E-state index contributed by atoms with van der Waals surface area (Å²) in [6.07, 6.45) is 5.51. The Morgan fingerprint density at radius 1 is 1.12 bits per heavy atom. The zero-order chi connectivity index (χ0) is 23.4. The van der Waals surface area contributed by atoms with E-state index >= 15 is 0 Å². The van der Waals surface area contributed by atoms with Gasteiger partial charge < -0.3 is 20.1 Å². The monoisotopic (exact) mass is 491 g/mol. The molecule has 2 N–H and O–H groups in total. The molecule has 172 valence electrons. The lowest BCUT2D eigenvalue weighted by Gasteiger charge is -2.18. The van der Waals surface area contributed by atoms with Crippen LogP contribution in [0.25, 0.3) is 11.5 Å². The summed E-state index contributed by atoms with van der Waals surface area (Å²) in [5.74, 6) is 0.335. The number of hydrogen-bond acceptors (Lipinski definition) is 8. The lowest BCUT2D eigenvalue weighted by molar-refractivity contribution is 0.0230. The van der Waals surface area contributed by atoms with Crippen LogP contribution in [0.1, 0.15) is 18.7 Å². The number of amides is 2. The maximum atomic E-state index is 12.7. The van der Waals surface area contributed by atoms with E-state index in [9.17, 15) is 4.79 Å². The van der Waals surface area contributed by atoms with Gasteiger partial charge in [-0.3, -0.25) is 0 Å². The molecule has 0 aliphatic rings. The molecule has 2 amide bonds. The van der Waals surface area contributed by atoms with Gasteiger partial charge in [0.25, 0.3) is 0 Å². The predicted molar refractivity (Wildman–Crippen MR) is 121 cm³/mol. The third kappa shape index (κ3) is 5.20. The van der Waals surface area contributed by atoms with Gasteiger partial charge in [0.15, 0.2) is 16.6 Å². The number of pyridine rings is 1. The lowest BCUT2D eigenvalue weighted by atomic mass is 10.2. The second kappa shape index (κ2) is 10.1. The van der Waals surface area contributed by atoms with Crippen molar-refractivity contribution in [3.8, 4) is 5.82 Å². The highest BCUT2D eigenvalue weighted by molar-refractivity contribution is 6.32. The molecule has 12 nitrogen and oxygen atoms in total. The van der Waals surface area contributed by atoms with Crippen molar-refractivity contribution in [2.75, 3.05) is 31.0 Å². The molecule has 0 aromatic carbocycles. The van der Waals surface area contributed by atoms with Crippen LogP contribution in [0.5, 0.6) is 0 Å². The van der Waals surface area contributed by atoms with E-state index in [0.717, 1.165) is 0 Å². The molecule has 0 bridgehead atoms. The first-order valence-corrected chi connectivity index (χ1v) is 10.5. The summed E-state index contributed by atoms with van der Waals surface area (Å²) in [6, 6.07) is 2.61. The maximum absolute atomic E-state index is 12.7. The topological polar surface area (TPSA) is 133 Å². The average Bonchev–Trinajstić information content (AvgIpc) is 3.43. The molecule has 0 spiro atoms. The number of nitrogens with one attached hydrogen (secondary N) is 2. The number of urea groups is 1. The van der Waals surface area contributed by atoms with E-state index < -0.39 is 12.1 Å². The Labute approximate surface area is 197 Å². The number of halogens is 2. The molecule has 4 rings (SSSR count). The van der Waals surface area contributed by atoms with Gasteiger partial charge in [-0.2, -0.15) is 15.3 Å². The van der Waals surface area contributed by atoms with Crippen molar-refractivity contribution in [3.05, 3.63) is 52.8 Å². The number of aromatic nitrogens is 7. The van der Waals surface area contributed by atoms with Crippen molar-refractivity contribution in [2.24, 2.45) is 0 Å². The van der Waals surface area contributed by atoms with Crippen molar-refractivity contribution in [2.45, 2.75) is 13.0 Å². The van der Waals surface area contributed by atoms with Crippen LogP contribution < -0.4 is 10.6 Å².